The van der Waals surface area contributed by atoms with Crippen LogP contribution in [0.5, 0.6) is 0 Å². The van der Waals surface area contributed by atoms with E-state index in [4.69, 9.17) is 4.74 Å². The summed E-state index contributed by atoms with van der Waals surface area (Å²) in [6, 6.07) is 3.01. The third-order valence-corrected chi connectivity index (χ3v) is 5.74. The lowest BCUT2D eigenvalue weighted by Gasteiger charge is -2.26. The molecular formula is C14H13F2NO5S. The second-order valence-corrected chi connectivity index (χ2v) is 7.47. The van der Waals surface area contributed by atoms with Crippen LogP contribution in [0.2, 0.25) is 0 Å². The molecule has 1 aromatic carbocycles. The molecule has 2 aliphatic heterocycles. The number of aliphatic hydroxyl groups is 1. The first-order valence-corrected chi connectivity index (χ1v) is 8.41. The smallest absolute Gasteiger partial charge is 0.252 e. The van der Waals surface area contributed by atoms with Crippen LogP contribution in [0.15, 0.2) is 29.8 Å². The third kappa shape index (κ3) is 2.18. The highest BCUT2D eigenvalue weighted by Gasteiger charge is 2.53. The number of ether oxygens (including phenoxy) is 1. The van der Waals surface area contributed by atoms with Crippen LogP contribution >= 0.6 is 0 Å². The SMILES string of the molecule is CC1(c2c(F)cccc2F)OC(N2CCCS2(=O)=O)=C(O)C1=O. The summed E-state index contributed by atoms with van der Waals surface area (Å²) in [5, 5.41) is 9.98. The van der Waals surface area contributed by atoms with E-state index in [9.17, 15) is 27.1 Å². The van der Waals surface area contributed by atoms with Gasteiger partial charge in [-0.15, -0.1) is 0 Å². The fourth-order valence-electron chi connectivity index (χ4n) is 2.77. The van der Waals surface area contributed by atoms with E-state index in [1.807, 2.05) is 0 Å². The van der Waals surface area contributed by atoms with E-state index in [1.165, 1.54) is 0 Å². The molecule has 0 aromatic heterocycles. The Morgan fingerprint density at radius 1 is 1.30 bits per heavy atom. The van der Waals surface area contributed by atoms with Crippen molar-refractivity contribution in [3.05, 3.63) is 47.0 Å². The van der Waals surface area contributed by atoms with Crippen LogP contribution in [0.25, 0.3) is 0 Å². The molecule has 1 saturated heterocycles. The predicted molar refractivity (Wildman–Crippen MR) is 74.6 cm³/mol. The number of Topliss-reactive ketones (excluding diaryl/α,β-unsaturated/α-hetero) is 1. The summed E-state index contributed by atoms with van der Waals surface area (Å²) in [6.07, 6.45) is 0.293. The summed E-state index contributed by atoms with van der Waals surface area (Å²) in [6.45, 7) is 1.10. The number of sulfonamides is 1. The summed E-state index contributed by atoms with van der Waals surface area (Å²) in [4.78, 5) is 12.3. The molecule has 2 heterocycles. The molecule has 0 bridgehead atoms. The van der Waals surface area contributed by atoms with Crippen LogP contribution in [0.3, 0.4) is 0 Å². The Morgan fingerprint density at radius 3 is 2.43 bits per heavy atom. The number of hydrogen-bond donors (Lipinski definition) is 1. The van der Waals surface area contributed by atoms with Crippen LogP contribution in [0.1, 0.15) is 18.9 Å². The zero-order valence-corrected chi connectivity index (χ0v) is 12.9. The molecule has 23 heavy (non-hydrogen) atoms. The van der Waals surface area contributed by atoms with Gasteiger partial charge in [0.15, 0.2) is 0 Å². The molecule has 6 nitrogen and oxygen atoms in total. The fraction of sp³-hybridized carbons (Fsp3) is 0.357. The van der Waals surface area contributed by atoms with Crippen LogP contribution in [0.4, 0.5) is 8.78 Å². The molecule has 1 N–H and O–H groups in total. The van der Waals surface area contributed by atoms with Gasteiger partial charge in [0.25, 0.3) is 11.7 Å². The largest absolute Gasteiger partial charge is 0.501 e. The summed E-state index contributed by atoms with van der Waals surface area (Å²) in [7, 11) is -3.73. The number of rotatable bonds is 2. The van der Waals surface area contributed by atoms with E-state index >= 15 is 0 Å². The standard InChI is InChI=1S/C14H13F2NO5S/c1-14(10-8(15)4-2-5-9(10)16)12(19)11(18)13(22-14)17-6-3-7-23(17,20)21/h2,4-5,18H,3,6-7H2,1H3. The topological polar surface area (TPSA) is 83.9 Å². The lowest BCUT2D eigenvalue weighted by atomic mass is 9.90. The highest BCUT2D eigenvalue weighted by molar-refractivity contribution is 7.89. The van der Waals surface area contributed by atoms with Crippen molar-refractivity contribution in [2.24, 2.45) is 0 Å². The van der Waals surface area contributed by atoms with E-state index in [-0.39, 0.29) is 12.3 Å². The lowest BCUT2D eigenvalue weighted by Crippen LogP contribution is -2.34. The second kappa shape index (κ2) is 4.92. The Labute approximate surface area is 131 Å². The van der Waals surface area contributed by atoms with Crippen molar-refractivity contribution in [3.63, 3.8) is 0 Å². The average molecular weight is 345 g/mol. The summed E-state index contributed by atoms with van der Waals surface area (Å²) in [5.74, 6) is -4.86. The minimum atomic E-state index is -3.73. The van der Waals surface area contributed by atoms with Gasteiger partial charge in [-0.05, 0) is 25.5 Å². The van der Waals surface area contributed by atoms with Crippen molar-refractivity contribution in [2.75, 3.05) is 12.3 Å². The maximum Gasteiger partial charge on any atom is 0.252 e. The number of ketones is 1. The number of carbonyl (C=O) groups is 1. The maximum atomic E-state index is 14.0. The van der Waals surface area contributed by atoms with Crippen molar-refractivity contribution >= 4 is 15.8 Å². The maximum absolute atomic E-state index is 14.0. The molecule has 1 aromatic rings. The molecular weight excluding hydrogens is 332 g/mol. The van der Waals surface area contributed by atoms with Gasteiger partial charge in [-0.1, -0.05) is 6.07 Å². The first kappa shape index (κ1) is 15.7. The van der Waals surface area contributed by atoms with Gasteiger partial charge >= 0.3 is 0 Å². The highest BCUT2D eigenvalue weighted by Crippen LogP contribution is 2.42. The highest BCUT2D eigenvalue weighted by atomic mass is 32.2. The van der Waals surface area contributed by atoms with Crippen molar-refractivity contribution in [3.8, 4) is 0 Å². The van der Waals surface area contributed by atoms with Crippen molar-refractivity contribution < 1.29 is 31.8 Å². The number of carbonyl (C=O) groups excluding carboxylic acids is 1. The zero-order valence-electron chi connectivity index (χ0n) is 12.0. The normalized spacial score (nSPS) is 26.7. The van der Waals surface area contributed by atoms with E-state index in [0.717, 1.165) is 29.4 Å². The average Bonchev–Trinajstić information content (AvgIpc) is 2.91. The number of halogens is 2. The number of aliphatic hydroxyl groups excluding tert-OH is 1. The van der Waals surface area contributed by atoms with Gasteiger partial charge < -0.3 is 9.84 Å². The van der Waals surface area contributed by atoms with Gasteiger partial charge in [-0.25, -0.2) is 21.5 Å². The van der Waals surface area contributed by atoms with Crippen LogP contribution in [-0.2, 0) is 25.2 Å². The summed E-state index contributed by atoms with van der Waals surface area (Å²) >= 11 is 0. The van der Waals surface area contributed by atoms with Crippen LogP contribution < -0.4 is 0 Å². The van der Waals surface area contributed by atoms with Crippen molar-refractivity contribution in [2.45, 2.75) is 18.9 Å². The Morgan fingerprint density at radius 2 is 1.91 bits per heavy atom. The zero-order chi connectivity index (χ0) is 17.0. The first-order chi connectivity index (χ1) is 10.7. The molecule has 9 heteroatoms. The minimum absolute atomic E-state index is 0.0187. The third-order valence-electron chi connectivity index (χ3n) is 3.92. The minimum Gasteiger partial charge on any atom is -0.501 e. The second-order valence-electron chi connectivity index (χ2n) is 5.46. The molecule has 0 radical (unpaired) electrons. The quantitative estimate of drug-likeness (QED) is 0.879. The lowest BCUT2D eigenvalue weighted by molar-refractivity contribution is -0.132. The van der Waals surface area contributed by atoms with Gasteiger partial charge in [-0.2, -0.15) is 0 Å². The van der Waals surface area contributed by atoms with Crippen molar-refractivity contribution in [1.82, 2.24) is 4.31 Å². The fourth-order valence-corrected chi connectivity index (χ4v) is 4.26. The number of benzene rings is 1. The number of hydrogen-bond acceptors (Lipinski definition) is 5. The van der Waals surface area contributed by atoms with Crippen LogP contribution in [-0.4, -0.2) is 35.9 Å². The molecule has 0 saturated carbocycles. The Bertz CT molecular complexity index is 815. The molecule has 0 aliphatic carbocycles. The summed E-state index contributed by atoms with van der Waals surface area (Å²) in [5.41, 5.74) is -2.85. The van der Waals surface area contributed by atoms with Gasteiger partial charge in [0.1, 0.15) is 11.6 Å². The van der Waals surface area contributed by atoms with E-state index < -0.39 is 50.2 Å². The molecule has 0 spiro atoms. The van der Waals surface area contributed by atoms with Crippen molar-refractivity contribution in [1.29, 1.82) is 0 Å². The molecule has 3 rings (SSSR count). The van der Waals surface area contributed by atoms with Gasteiger partial charge in [-0.3, -0.25) is 4.79 Å². The Kier molecular flexibility index (Phi) is 3.36. The Hall–Kier alpha value is -2.16. The Balaban J connectivity index is 2.09. The molecule has 2 aliphatic rings. The van der Waals surface area contributed by atoms with Crippen LogP contribution in [0, 0.1) is 11.6 Å². The molecule has 0 amide bonds. The number of nitrogens with zero attached hydrogens (tertiary/aromatic N) is 1. The van der Waals surface area contributed by atoms with Gasteiger partial charge in [0, 0.05) is 6.54 Å². The van der Waals surface area contributed by atoms with E-state index in [1.54, 1.807) is 0 Å². The molecule has 124 valence electrons. The molecule has 1 unspecified atom stereocenters. The van der Waals surface area contributed by atoms with Gasteiger partial charge in [0.2, 0.25) is 21.4 Å². The molecule has 1 atom stereocenters. The predicted octanol–water partition coefficient (Wildman–Crippen LogP) is 1.54. The summed E-state index contributed by atoms with van der Waals surface area (Å²) < 4.78 is 57.9. The van der Waals surface area contributed by atoms with E-state index in [0.29, 0.717) is 6.42 Å². The first-order valence-electron chi connectivity index (χ1n) is 6.80. The molecule has 1 fully saturated rings. The van der Waals surface area contributed by atoms with E-state index in [2.05, 4.69) is 0 Å². The van der Waals surface area contributed by atoms with Gasteiger partial charge in [0.05, 0.1) is 11.3 Å². The monoisotopic (exact) mass is 345 g/mol.